The molecule has 3 nitrogen and oxygen atoms in total. The lowest BCUT2D eigenvalue weighted by Crippen LogP contribution is -1.96. The number of aromatic nitrogens is 2. The van der Waals surface area contributed by atoms with Gasteiger partial charge in [0, 0.05) is 17.6 Å². The number of hydrogen-bond acceptors (Lipinski definition) is 3. The van der Waals surface area contributed by atoms with Crippen LogP contribution in [0.25, 0.3) is 22.2 Å². The molecule has 0 bridgehead atoms. The van der Waals surface area contributed by atoms with Crippen LogP contribution in [0, 0.1) is 12.7 Å². The fourth-order valence-corrected chi connectivity index (χ4v) is 3.22. The molecule has 0 amide bonds. The molecule has 3 rings (SSSR count). The van der Waals surface area contributed by atoms with E-state index in [1.807, 2.05) is 13.8 Å². The second-order valence-electron chi connectivity index (χ2n) is 4.68. The topological polar surface area (TPSA) is 27.1 Å². The highest BCUT2D eigenvalue weighted by Crippen LogP contribution is 2.41. The molecule has 2 heterocycles. The van der Waals surface area contributed by atoms with E-state index in [0.717, 1.165) is 0 Å². The van der Waals surface area contributed by atoms with Crippen LogP contribution in [-0.4, -0.2) is 16.1 Å². The summed E-state index contributed by atoms with van der Waals surface area (Å²) in [6, 6.07) is 6.04. The van der Waals surface area contributed by atoms with Crippen LogP contribution in [-0.2, 0) is 0 Å². The maximum atomic E-state index is 14.4. The molecule has 0 aliphatic heterocycles. The van der Waals surface area contributed by atoms with Gasteiger partial charge in [-0.05, 0) is 24.6 Å². The van der Waals surface area contributed by atoms with Gasteiger partial charge in [0.2, 0.25) is 0 Å². The third kappa shape index (κ3) is 3.08. The highest BCUT2D eigenvalue weighted by Gasteiger charge is 2.23. The van der Waals surface area contributed by atoms with Crippen LogP contribution in [0.5, 0.6) is 5.75 Å². The lowest BCUT2D eigenvalue weighted by molar-refractivity contribution is 0.413. The molecule has 0 aliphatic carbocycles. The van der Waals surface area contributed by atoms with Crippen molar-refractivity contribution in [2.75, 3.05) is 7.11 Å². The SMILES string of the molecule is CC.COc1cccc(F)c1-c1c(C)c2cnc(Cl)cc2n1SF. The van der Waals surface area contributed by atoms with Crippen LogP contribution in [0.2, 0.25) is 5.15 Å². The first-order valence-electron chi connectivity index (χ1n) is 7.37. The molecule has 0 atom stereocenters. The zero-order valence-electron chi connectivity index (χ0n) is 13.7. The Labute approximate surface area is 149 Å². The molecule has 128 valence electrons. The molecule has 0 aliphatic rings. The van der Waals surface area contributed by atoms with E-state index in [4.69, 9.17) is 16.3 Å². The second-order valence-corrected chi connectivity index (χ2v) is 5.57. The summed E-state index contributed by atoms with van der Waals surface area (Å²) in [6.07, 6.45) is 1.55. The maximum absolute atomic E-state index is 14.4. The van der Waals surface area contributed by atoms with Gasteiger partial charge in [-0.25, -0.2) is 9.37 Å². The Morgan fingerprint density at radius 3 is 2.62 bits per heavy atom. The van der Waals surface area contributed by atoms with E-state index in [1.54, 1.807) is 31.3 Å². The first-order chi connectivity index (χ1) is 11.6. The van der Waals surface area contributed by atoms with Gasteiger partial charge in [0.25, 0.3) is 0 Å². The van der Waals surface area contributed by atoms with Crippen molar-refractivity contribution >= 4 is 34.8 Å². The molecule has 24 heavy (non-hydrogen) atoms. The summed E-state index contributed by atoms with van der Waals surface area (Å²) >= 11 is 5.88. The number of benzene rings is 1. The van der Waals surface area contributed by atoms with Crippen LogP contribution in [0.3, 0.4) is 0 Å². The Hall–Kier alpha value is -1.79. The first-order valence-corrected chi connectivity index (χ1v) is 8.42. The van der Waals surface area contributed by atoms with E-state index < -0.39 is 5.82 Å². The normalized spacial score (nSPS) is 10.5. The molecule has 0 radical (unpaired) electrons. The number of hydrogen-bond donors (Lipinski definition) is 0. The summed E-state index contributed by atoms with van der Waals surface area (Å²) in [7, 11) is 1.45. The minimum Gasteiger partial charge on any atom is -0.496 e. The molecule has 0 saturated carbocycles. The van der Waals surface area contributed by atoms with Crippen molar-refractivity contribution in [3.8, 4) is 17.0 Å². The number of aryl methyl sites for hydroxylation is 1. The molecular weight excluding hydrogens is 354 g/mol. The average Bonchev–Trinajstić information content (AvgIpc) is 2.87. The lowest BCUT2D eigenvalue weighted by atomic mass is 10.1. The van der Waals surface area contributed by atoms with Crippen LogP contribution >= 0.6 is 23.9 Å². The quantitative estimate of drug-likeness (QED) is 0.512. The zero-order chi connectivity index (χ0) is 17.9. The number of pyridine rings is 1. The predicted octanol–water partition coefficient (Wildman–Crippen LogP) is 6.22. The number of halogens is 3. The monoisotopic (exact) mass is 370 g/mol. The Bertz CT molecular complexity index is 867. The fraction of sp³-hybridized carbons (Fsp3) is 0.235. The smallest absolute Gasteiger partial charge is 0.170 e. The van der Waals surface area contributed by atoms with Gasteiger partial charge in [-0.3, -0.25) is 3.97 Å². The summed E-state index contributed by atoms with van der Waals surface area (Å²) in [5.74, 6) is -0.153. The summed E-state index contributed by atoms with van der Waals surface area (Å²) in [6.45, 7) is 5.78. The molecule has 0 saturated heterocycles. The van der Waals surface area contributed by atoms with Crippen LogP contribution in [0.15, 0.2) is 30.5 Å². The van der Waals surface area contributed by atoms with Crippen molar-refractivity contribution in [2.45, 2.75) is 20.8 Å². The second kappa shape index (κ2) is 7.85. The molecule has 0 spiro atoms. The van der Waals surface area contributed by atoms with Crippen LogP contribution in [0.4, 0.5) is 8.28 Å². The van der Waals surface area contributed by atoms with Gasteiger partial charge in [-0.2, -0.15) is 0 Å². The Morgan fingerprint density at radius 1 is 1.29 bits per heavy atom. The molecule has 2 aromatic heterocycles. The minimum atomic E-state index is -0.486. The van der Waals surface area contributed by atoms with Crippen LogP contribution < -0.4 is 4.74 Å². The average molecular weight is 371 g/mol. The number of rotatable bonds is 3. The standard InChI is InChI=1S/C15H11ClF2N2OS.C2H6/c1-8-9-7-19-13(16)6-11(9)20(22-18)15(8)14-10(17)4-3-5-12(14)21-2;1-2/h3-7H,1-2H3;1-2H3. The van der Waals surface area contributed by atoms with Gasteiger partial charge in [-0.15, -0.1) is 3.89 Å². The lowest BCUT2D eigenvalue weighted by Gasteiger charge is -2.11. The van der Waals surface area contributed by atoms with Crippen molar-refractivity contribution in [3.63, 3.8) is 0 Å². The summed E-state index contributed by atoms with van der Waals surface area (Å²) in [5.41, 5.74) is 1.83. The molecule has 0 fully saturated rings. The third-order valence-corrected chi connectivity index (χ3v) is 4.25. The Balaban J connectivity index is 0.00000100. The molecular formula is C17H17ClF2N2OS. The van der Waals surface area contributed by atoms with E-state index >= 15 is 0 Å². The number of methoxy groups -OCH3 is 1. The molecule has 0 N–H and O–H groups in total. The van der Waals surface area contributed by atoms with Gasteiger partial charge in [0.1, 0.15) is 16.7 Å². The number of ether oxygens (including phenoxy) is 1. The molecule has 3 aromatic rings. The third-order valence-electron chi connectivity index (χ3n) is 3.53. The maximum Gasteiger partial charge on any atom is 0.170 e. The zero-order valence-corrected chi connectivity index (χ0v) is 15.3. The summed E-state index contributed by atoms with van der Waals surface area (Å²) in [4.78, 5) is 4.01. The highest BCUT2D eigenvalue weighted by molar-refractivity contribution is 7.93. The molecule has 7 heteroatoms. The largest absolute Gasteiger partial charge is 0.496 e. The van der Waals surface area contributed by atoms with Crippen molar-refractivity contribution in [1.82, 2.24) is 8.96 Å². The Kier molecular flexibility index (Phi) is 6.07. The highest BCUT2D eigenvalue weighted by atomic mass is 35.5. The van der Waals surface area contributed by atoms with E-state index in [2.05, 4.69) is 4.98 Å². The Morgan fingerprint density at radius 2 is 2.00 bits per heavy atom. The summed E-state index contributed by atoms with van der Waals surface area (Å²) < 4.78 is 34.4. The van der Waals surface area contributed by atoms with Gasteiger partial charge < -0.3 is 4.74 Å². The van der Waals surface area contributed by atoms with Crippen molar-refractivity contribution in [1.29, 1.82) is 0 Å². The van der Waals surface area contributed by atoms with E-state index in [0.29, 0.717) is 27.9 Å². The number of fused-ring (bicyclic) bond motifs is 1. The number of nitrogens with zero attached hydrogens (tertiary/aromatic N) is 2. The van der Waals surface area contributed by atoms with Crippen LogP contribution in [0.1, 0.15) is 19.4 Å². The van der Waals surface area contributed by atoms with Crippen molar-refractivity contribution < 1.29 is 13.0 Å². The van der Waals surface area contributed by atoms with Gasteiger partial charge in [0.05, 0.1) is 23.9 Å². The van der Waals surface area contributed by atoms with E-state index in [9.17, 15) is 8.28 Å². The molecule has 0 unspecified atom stereocenters. The van der Waals surface area contributed by atoms with Gasteiger partial charge in [-0.1, -0.05) is 31.5 Å². The first kappa shape index (κ1) is 18.5. The molecule has 1 aromatic carbocycles. The fourth-order valence-electron chi connectivity index (χ4n) is 2.54. The summed E-state index contributed by atoms with van der Waals surface area (Å²) in [5, 5.41) is 0.946. The predicted molar refractivity (Wildman–Crippen MR) is 96.9 cm³/mol. The van der Waals surface area contributed by atoms with Crippen molar-refractivity contribution in [3.05, 3.63) is 47.0 Å². The van der Waals surface area contributed by atoms with Gasteiger partial charge >= 0.3 is 0 Å². The van der Waals surface area contributed by atoms with Crippen molar-refractivity contribution in [2.24, 2.45) is 0 Å². The van der Waals surface area contributed by atoms with E-state index in [1.165, 1.54) is 17.1 Å². The van der Waals surface area contributed by atoms with Gasteiger partial charge in [0.15, 0.2) is 12.3 Å². The van der Waals surface area contributed by atoms with E-state index in [-0.39, 0.29) is 23.1 Å². The minimum absolute atomic E-state index is 0.0148.